The second kappa shape index (κ2) is 8.66. The second-order valence-corrected chi connectivity index (χ2v) is 4.63. The molecule has 8 nitrogen and oxygen atoms in total. The van der Waals surface area contributed by atoms with Crippen molar-refractivity contribution in [3.63, 3.8) is 0 Å². The molecule has 0 saturated carbocycles. The number of benzene rings is 1. The van der Waals surface area contributed by atoms with Crippen molar-refractivity contribution >= 4 is 23.9 Å². The van der Waals surface area contributed by atoms with Gasteiger partial charge in [-0.2, -0.15) is 13.2 Å². The fourth-order valence-corrected chi connectivity index (χ4v) is 1.66. The first-order chi connectivity index (χ1) is 11.7. The molecule has 3 N–H and O–H groups in total. The number of carbonyl (C=O) groups excluding carboxylic acids is 2. The summed E-state index contributed by atoms with van der Waals surface area (Å²) in [7, 11) is 0. The number of nitrogens with zero attached hydrogens (tertiary/aromatic N) is 1. The number of carbonyl (C=O) groups is 3. The molecule has 1 atom stereocenters. The lowest BCUT2D eigenvalue weighted by Gasteiger charge is -2.16. The molecule has 0 aliphatic carbocycles. The van der Waals surface area contributed by atoms with Crippen molar-refractivity contribution in [1.82, 2.24) is 5.32 Å². The van der Waals surface area contributed by atoms with E-state index in [1.54, 1.807) is 0 Å². The minimum absolute atomic E-state index is 0.215. The Morgan fingerprint density at radius 2 is 1.88 bits per heavy atom. The highest BCUT2D eigenvalue weighted by molar-refractivity contribution is 6.36. The predicted octanol–water partition coefficient (Wildman–Crippen LogP) is 0.964. The molecule has 136 valence electrons. The SMILES string of the molecule is O=C/C(=N\O)c1ccc(OCCC(NC(=O)C(F)(F)F)C(=O)O)cc1. The maximum absolute atomic E-state index is 12.1. The van der Waals surface area contributed by atoms with Gasteiger partial charge in [0.25, 0.3) is 0 Å². The van der Waals surface area contributed by atoms with Crippen LogP contribution in [0.3, 0.4) is 0 Å². The van der Waals surface area contributed by atoms with Crippen LogP contribution in [0.1, 0.15) is 12.0 Å². The summed E-state index contributed by atoms with van der Waals surface area (Å²) in [5.74, 6) is -3.75. The van der Waals surface area contributed by atoms with Crippen molar-refractivity contribution in [3.8, 4) is 5.75 Å². The molecular weight excluding hydrogens is 349 g/mol. The smallest absolute Gasteiger partial charge is 0.471 e. The zero-order valence-corrected chi connectivity index (χ0v) is 12.5. The fourth-order valence-electron chi connectivity index (χ4n) is 1.66. The molecule has 11 heteroatoms. The Balaban J connectivity index is 2.60. The van der Waals surface area contributed by atoms with E-state index < -0.39 is 30.5 Å². The second-order valence-electron chi connectivity index (χ2n) is 4.63. The highest BCUT2D eigenvalue weighted by atomic mass is 19.4. The summed E-state index contributed by atoms with van der Waals surface area (Å²) in [6.45, 7) is -0.289. The first kappa shape index (κ1) is 19.9. The molecule has 1 aromatic rings. The number of carboxylic acid groups (broad SMARTS) is 1. The monoisotopic (exact) mass is 362 g/mol. The summed E-state index contributed by atoms with van der Waals surface area (Å²) < 4.78 is 41.6. The van der Waals surface area contributed by atoms with E-state index in [9.17, 15) is 27.6 Å². The molecule has 25 heavy (non-hydrogen) atoms. The number of ether oxygens (including phenoxy) is 1. The maximum Gasteiger partial charge on any atom is 0.471 e. The average Bonchev–Trinajstić information content (AvgIpc) is 2.55. The third kappa shape index (κ3) is 6.12. The number of halogens is 3. The van der Waals surface area contributed by atoms with Crippen LogP contribution in [-0.4, -0.2) is 53.0 Å². The van der Waals surface area contributed by atoms with Gasteiger partial charge in [0.05, 0.1) is 6.61 Å². The number of rotatable bonds is 8. The first-order valence-corrected chi connectivity index (χ1v) is 6.70. The van der Waals surface area contributed by atoms with Crippen molar-refractivity contribution in [3.05, 3.63) is 29.8 Å². The molecule has 1 unspecified atom stereocenters. The average molecular weight is 362 g/mol. The molecule has 0 saturated heterocycles. The molecule has 0 radical (unpaired) electrons. The van der Waals surface area contributed by atoms with Gasteiger partial charge in [-0.15, -0.1) is 0 Å². The van der Waals surface area contributed by atoms with Gasteiger partial charge in [-0.05, 0) is 24.3 Å². The highest BCUT2D eigenvalue weighted by Crippen LogP contribution is 2.16. The van der Waals surface area contributed by atoms with Crippen molar-refractivity contribution in [2.75, 3.05) is 6.61 Å². The molecule has 0 heterocycles. The van der Waals surface area contributed by atoms with Crippen LogP contribution in [0.5, 0.6) is 5.75 Å². The van der Waals surface area contributed by atoms with E-state index in [0.717, 1.165) is 0 Å². The normalized spacial score (nSPS) is 13.0. The number of alkyl halides is 3. The van der Waals surface area contributed by atoms with Crippen molar-refractivity contribution in [2.24, 2.45) is 5.16 Å². The van der Waals surface area contributed by atoms with E-state index in [2.05, 4.69) is 5.16 Å². The van der Waals surface area contributed by atoms with Crippen LogP contribution in [0.25, 0.3) is 0 Å². The Bertz CT molecular complexity index is 658. The summed E-state index contributed by atoms with van der Waals surface area (Å²) in [5.41, 5.74) is 0.0815. The number of oxime groups is 1. The lowest BCUT2D eigenvalue weighted by molar-refractivity contribution is -0.175. The van der Waals surface area contributed by atoms with Crippen molar-refractivity contribution in [1.29, 1.82) is 0 Å². The highest BCUT2D eigenvalue weighted by Gasteiger charge is 2.40. The van der Waals surface area contributed by atoms with E-state index in [1.165, 1.54) is 29.6 Å². The molecule has 0 fully saturated rings. The van der Waals surface area contributed by atoms with Crippen molar-refractivity contribution < 1.29 is 42.6 Å². The van der Waals surface area contributed by atoms with Crippen LogP contribution in [0.2, 0.25) is 0 Å². The zero-order valence-electron chi connectivity index (χ0n) is 12.5. The van der Waals surface area contributed by atoms with Gasteiger partial charge < -0.3 is 20.4 Å². The first-order valence-electron chi connectivity index (χ1n) is 6.70. The number of hydrogen-bond acceptors (Lipinski definition) is 6. The molecule has 0 bridgehead atoms. The molecule has 1 aromatic carbocycles. The Hall–Kier alpha value is -3.11. The van der Waals surface area contributed by atoms with Crippen molar-refractivity contribution in [2.45, 2.75) is 18.6 Å². The molecule has 0 aliphatic rings. The summed E-state index contributed by atoms with van der Waals surface area (Å²) in [5, 5.41) is 21.5. The molecule has 0 spiro atoms. The summed E-state index contributed by atoms with van der Waals surface area (Å²) in [4.78, 5) is 32.3. The van der Waals surface area contributed by atoms with Crippen LogP contribution in [0.4, 0.5) is 13.2 Å². The number of amides is 1. The standard InChI is InChI=1S/C14H13F3N2O6/c15-14(16,17)13(23)18-10(12(21)22)5-6-25-9-3-1-8(2-4-9)11(7-20)19-24/h1-4,7,10,24H,5-6H2,(H,18,23)(H,21,22)/b19-11+. The van der Waals surface area contributed by atoms with Crippen LogP contribution < -0.4 is 10.1 Å². The molecule has 0 aliphatic heterocycles. The Kier molecular flexibility index (Phi) is 6.91. The minimum Gasteiger partial charge on any atom is -0.494 e. The van der Waals surface area contributed by atoms with Gasteiger partial charge in [0, 0.05) is 12.0 Å². The zero-order chi connectivity index (χ0) is 19.0. The number of carboxylic acids is 1. The lowest BCUT2D eigenvalue weighted by atomic mass is 10.1. The topological polar surface area (TPSA) is 125 Å². The third-order valence-corrected chi connectivity index (χ3v) is 2.91. The lowest BCUT2D eigenvalue weighted by Crippen LogP contribution is -2.47. The van der Waals surface area contributed by atoms with Gasteiger partial charge >= 0.3 is 18.1 Å². The molecule has 1 amide bonds. The minimum atomic E-state index is -5.19. The largest absolute Gasteiger partial charge is 0.494 e. The Morgan fingerprint density at radius 3 is 2.32 bits per heavy atom. The Morgan fingerprint density at radius 1 is 1.28 bits per heavy atom. The van der Waals surface area contributed by atoms with Gasteiger partial charge in [0.2, 0.25) is 0 Å². The van der Waals surface area contributed by atoms with Gasteiger partial charge in [-0.3, -0.25) is 9.59 Å². The molecular formula is C14H13F3N2O6. The van der Waals surface area contributed by atoms with Crippen LogP contribution in [0.15, 0.2) is 29.4 Å². The maximum atomic E-state index is 12.1. The number of aldehydes is 1. The number of aliphatic carboxylic acids is 1. The van der Waals surface area contributed by atoms with E-state index in [1.807, 2.05) is 0 Å². The third-order valence-electron chi connectivity index (χ3n) is 2.91. The summed E-state index contributed by atoms with van der Waals surface area (Å²) in [6, 6.07) is 3.77. The predicted molar refractivity (Wildman–Crippen MR) is 76.6 cm³/mol. The number of hydrogen-bond donors (Lipinski definition) is 3. The number of nitrogens with one attached hydrogen (secondary N) is 1. The summed E-state index contributed by atoms with van der Waals surface area (Å²) >= 11 is 0. The fraction of sp³-hybridized carbons (Fsp3) is 0.286. The molecule has 1 rings (SSSR count). The van der Waals surface area contributed by atoms with Gasteiger partial charge in [0.1, 0.15) is 17.5 Å². The van der Waals surface area contributed by atoms with Crippen LogP contribution >= 0.6 is 0 Å². The molecule has 0 aromatic heterocycles. The van der Waals surface area contributed by atoms with E-state index >= 15 is 0 Å². The summed E-state index contributed by atoms with van der Waals surface area (Å²) in [6.07, 6.45) is -5.26. The van der Waals surface area contributed by atoms with Gasteiger partial charge in [-0.25, -0.2) is 4.79 Å². The quantitative estimate of drug-likeness (QED) is 0.274. The van der Waals surface area contributed by atoms with Crippen LogP contribution in [-0.2, 0) is 14.4 Å². The van der Waals surface area contributed by atoms with Gasteiger partial charge in [0.15, 0.2) is 6.29 Å². The van der Waals surface area contributed by atoms with E-state index in [4.69, 9.17) is 15.1 Å². The van der Waals surface area contributed by atoms with E-state index in [-0.39, 0.29) is 18.1 Å². The van der Waals surface area contributed by atoms with Gasteiger partial charge in [-0.1, -0.05) is 5.16 Å². The Labute approximate surface area is 138 Å². The van der Waals surface area contributed by atoms with Crippen LogP contribution in [0, 0.1) is 0 Å². The van der Waals surface area contributed by atoms with E-state index in [0.29, 0.717) is 11.8 Å².